The SMILES string of the molecule is CCN(CC)C(=O)CN(C)c1c(F)cccc1[C@H](C)O. The number of aliphatic hydroxyl groups excluding tert-OH is 1. The predicted molar refractivity (Wildman–Crippen MR) is 78.2 cm³/mol. The Morgan fingerprint density at radius 3 is 2.45 bits per heavy atom. The van der Waals surface area contributed by atoms with Gasteiger partial charge in [0, 0.05) is 25.7 Å². The van der Waals surface area contributed by atoms with Crippen molar-refractivity contribution in [3.8, 4) is 0 Å². The Kier molecular flexibility index (Phi) is 5.95. The first-order chi connectivity index (χ1) is 9.42. The number of carbonyl (C=O) groups excluding carboxylic acids is 1. The fourth-order valence-corrected chi connectivity index (χ4v) is 2.23. The Bertz CT molecular complexity index is 459. The van der Waals surface area contributed by atoms with Crippen LogP contribution in [0, 0.1) is 5.82 Å². The second-order valence-electron chi connectivity index (χ2n) is 4.78. The van der Waals surface area contributed by atoms with Gasteiger partial charge in [-0.25, -0.2) is 4.39 Å². The highest BCUT2D eigenvalue weighted by Gasteiger charge is 2.19. The van der Waals surface area contributed by atoms with E-state index in [1.165, 1.54) is 6.07 Å². The molecule has 0 aliphatic heterocycles. The monoisotopic (exact) mass is 282 g/mol. The number of likely N-dealkylation sites (N-methyl/N-ethyl adjacent to an activating group) is 2. The number of hydrogen-bond acceptors (Lipinski definition) is 3. The van der Waals surface area contributed by atoms with E-state index in [0.717, 1.165) is 0 Å². The lowest BCUT2D eigenvalue weighted by molar-refractivity contribution is -0.129. The molecule has 0 fully saturated rings. The summed E-state index contributed by atoms with van der Waals surface area (Å²) in [6.45, 7) is 6.74. The zero-order chi connectivity index (χ0) is 15.3. The van der Waals surface area contributed by atoms with Crippen molar-refractivity contribution in [3.63, 3.8) is 0 Å². The Balaban J connectivity index is 2.98. The smallest absolute Gasteiger partial charge is 0.242 e. The van der Waals surface area contributed by atoms with E-state index in [1.807, 2.05) is 13.8 Å². The normalized spacial score (nSPS) is 12.1. The molecule has 5 heteroatoms. The van der Waals surface area contributed by atoms with Gasteiger partial charge in [0.2, 0.25) is 5.91 Å². The third-order valence-corrected chi connectivity index (χ3v) is 3.34. The van der Waals surface area contributed by atoms with E-state index in [9.17, 15) is 14.3 Å². The van der Waals surface area contributed by atoms with Crippen LogP contribution in [0.15, 0.2) is 18.2 Å². The third-order valence-electron chi connectivity index (χ3n) is 3.34. The number of para-hydroxylation sites is 1. The van der Waals surface area contributed by atoms with Gasteiger partial charge in [-0.2, -0.15) is 0 Å². The molecule has 20 heavy (non-hydrogen) atoms. The number of benzene rings is 1. The summed E-state index contributed by atoms with van der Waals surface area (Å²) in [6.07, 6.45) is -0.785. The minimum absolute atomic E-state index is 0.0581. The molecule has 0 saturated heterocycles. The largest absolute Gasteiger partial charge is 0.389 e. The molecule has 0 radical (unpaired) electrons. The zero-order valence-electron chi connectivity index (χ0n) is 12.6. The first-order valence-corrected chi connectivity index (χ1v) is 6.87. The van der Waals surface area contributed by atoms with Crippen LogP contribution in [0.2, 0.25) is 0 Å². The molecule has 0 aliphatic rings. The van der Waals surface area contributed by atoms with E-state index in [0.29, 0.717) is 18.7 Å². The number of halogens is 1. The van der Waals surface area contributed by atoms with Crippen molar-refractivity contribution in [1.29, 1.82) is 0 Å². The van der Waals surface area contributed by atoms with Crippen molar-refractivity contribution in [2.24, 2.45) is 0 Å². The second kappa shape index (κ2) is 7.24. The average molecular weight is 282 g/mol. The van der Waals surface area contributed by atoms with E-state index in [4.69, 9.17) is 0 Å². The number of amides is 1. The molecule has 1 N–H and O–H groups in total. The van der Waals surface area contributed by atoms with Crippen molar-refractivity contribution in [2.45, 2.75) is 26.9 Å². The number of nitrogens with zero attached hydrogens (tertiary/aromatic N) is 2. The Morgan fingerprint density at radius 2 is 1.95 bits per heavy atom. The summed E-state index contributed by atoms with van der Waals surface area (Å²) in [7, 11) is 1.66. The van der Waals surface area contributed by atoms with Gasteiger partial charge < -0.3 is 14.9 Å². The summed E-state index contributed by atoms with van der Waals surface area (Å²) < 4.78 is 14.0. The van der Waals surface area contributed by atoms with Gasteiger partial charge in [0.15, 0.2) is 0 Å². The van der Waals surface area contributed by atoms with Crippen LogP contribution in [0.4, 0.5) is 10.1 Å². The number of carbonyl (C=O) groups is 1. The molecular weight excluding hydrogens is 259 g/mol. The molecule has 0 bridgehead atoms. The summed E-state index contributed by atoms with van der Waals surface area (Å²) in [5.41, 5.74) is 0.767. The molecule has 0 heterocycles. The second-order valence-corrected chi connectivity index (χ2v) is 4.78. The summed E-state index contributed by atoms with van der Waals surface area (Å²) in [4.78, 5) is 15.3. The molecule has 1 amide bonds. The van der Waals surface area contributed by atoms with Crippen molar-refractivity contribution in [3.05, 3.63) is 29.6 Å². The molecule has 0 aliphatic carbocycles. The van der Waals surface area contributed by atoms with Gasteiger partial charge >= 0.3 is 0 Å². The highest BCUT2D eigenvalue weighted by atomic mass is 19.1. The van der Waals surface area contributed by atoms with E-state index in [1.54, 1.807) is 35.9 Å². The molecule has 4 nitrogen and oxygen atoms in total. The summed E-state index contributed by atoms with van der Waals surface area (Å²) >= 11 is 0. The number of anilines is 1. The Morgan fingerprint density at radius 1 is 1.35 bits per heavy atom. The number of rotatable bonds is 6. The maximum Gasteiger partial charge on any atom is 0.242 e. The lowest BCUT2D eigenvalue weighted by Gasteiger charge is -2.27. The van der Waals surface area contributed by atoms with Crippen LogP contribution < -0.4 is 4.90 Å². The van der Waals surface area contributed by atoms with Crippen LogP contribution in [0.3, 0.4) is 0 Å². The van der Waals surface area contributed by atoms with Crippen LogP contribution in [0.1, 0.15) is 32.4 Å². The quantitative estimate of drug-likeness (QED) is 0.870. The first-order valence-electron chi connectivity index (χ1n) is 6.87. The van der Waals surface area contributed by atoms with Gasteiger partial charge in [0.05, 0.1) is 18.3 Å². The van der Waals surface area contributed by atoms with Crippen LogP contribution in [0.5, 0.6) is 0 Å². The predicted octanol–water partition coefficient (Wildman–Crippen LogP) is 2.18. The molecule has 1 aromatic carbocycles. The van der Waals surface area contributed by atoms with E-state index in [2.05, 4.69) is 0 Å². The molecule has 0 unspecified atom stereocenters. The van der Waals surface area contributed by atoms with Gasteiger partial charge in [0.1, 0.15) is 5.82 Å². The molecule has 1 rings (SSSR count). The lowest BCUT2D eigenvalue weighted by atomic mass is 10.1. The number of aliphatic hydroxyl groups is 1. The van der Waals surface area contributed by atoms with E-state index >= 15 is 0 Å². The van der Waals surface area contributed by atoms with Gasteiger partial charge in [-0.15, -0.1) is 0 Å². The standard InChI is InChI=1S/C15H23FN2O2/c1-5-18(6-2)14(20)10-17(4)15-12(11(3)19)8-7-9-13(15)16/h7-9,11,19H,5-6,10H2,1-4H3/t11-/m0/s1. The maximum atomic E-state index is 14.0. The highest BCUT2D eigenvalue weighted by Crippen LogP contribution is 2.28. The average Bonchev–Trinajstić information content (AvgIpc) is 2.39. The van der Waals surface area contributed by atoms with Crippen molar-refractivity contribution in [1.82, 2.24) is 4.90 Å². The van der Waals surface area contributed by atoms with Crippen LogP contribution in [-0.2, 0) is 4.79 Å². The summed E-state index contributed by atoms with van der Waals surface area (Å²) in [5.74, 6) is -0.490. The lowest BCUT2D eigenvalue weighted by Crippen LogP contribution is -2.39. The number of hydrogen-bond donors (Lipinski definition) is 1. The molecule has 1 atom stereocenters. The fourth-order valence-electron chi connectivity index (χ4n) is 2.23. The first kappa shape index (κ1) is 16.4. The summed E-state index contributed by atoms with van der Waals surface area (Å²) in [5, 5.41) is 9.72. The van der Waals surface area contributed by atoms with Crippen molar-refractivity contribution < 1.29 is 14.3 Å². The van der Waals surface area contributed by atoms with Gasteiger partial charge in [-0.1, -0.05) is 12.1 Å². The zero-order valence-corrected chi connectivity index (χ0v) is 12.6. The Hall–Kier alpha value is -1.62. The van der Waals surface area contributed by atoms with Crippen LogP contribution >= 0.6 is 0 Å². The maximum absolute atomic E-state index is 14.0. The minimum atomic E-state index is -0.785. The minimum Gasteiger partial charge on any atom is -0.389 e. The molecule has 0 spiro atoms. The molecule has 0 aromatic heterocycles. The van der Waals surface area contributed by atoms with Crippen molar-refractivity contribution in [2.75, 3.05) is 31.6 Å². The highest BCUT2D eigenvalue weighted by molar-refractivity contribution is 5.81. The Labute approximate surface area is 119 Å². The van der Waals surface area contributed by atoms with Crippen LogP contribution in [0.25, 0.3) is 0 Å². The van der Waals surface area contributed by atoms with E-state index < -0.39 is 11.9 Å². The van der Waals surface area contributed by atoms with E-state index in [-0.39, 0.29) is 18.1 Å². The third kappa shape index (κ3) is 3.70. The summed E-state index contributed by atoms with van der Waals surface area (Å²) in [6, 6.07) is 4.56. The molecular formula is C15H23FN2O2. The van der Waals surface area contributed by atoms with Crippen molar-refractivity contribution >= 4 is 11.6 Å². The van der Waals surface area contributed by atoms with Gasteiger partial charge in [-0.3, -0.25) is 4.79 Å². The molecule has 1 aromatic rings. The molecule has 0 saturated carbocycles. The molecule has 112 valence electrons. The topological polar surface area (TPSA) is 43.8 Å². The van der Waals surface area contributed by atoms with Crippen LogP contribution in [-0.4, -0.2) is 42.6 Å². The van der Waals surface area contributed by atoms with Gasteiger partial charge in [0.25, 0.3) is 0 Å². The van der Waals surface area contributed by atoms with Gasteiger partial charge in [-0.05, 0) is 26.8 Å². The fraction of sp³-hybridized carbons (Fsp3) is 0.533.